The third-order valence-electron chi connectivity index (χ3n) is 3.14. The summed E-state index contributed by atoms with van der Waals surface area (Å²) in [5, 5.41) is 14.2. The van der Waals surface area contributed by atoms with Crippen LogP contribution >= 0.6 is 0 Å². The Morgan fingerprint density at radius 3 is 2.52 bits per heavy atom. The highest BCUT2D eigenvalue weighted by Gasteiger charge is 2.17. The van der Waals surface area contributed by atoms with E-state index in [1.165, 1.54) is 0 Å². The van der Waals surface area contributed by atoms with Gasteiger partial charge in [0, 0.05) is 18.5 Å². The Bertz CT molecular complexity index is 555. The Balaban J connectivity index is 2.28. The molecule has 124 valence electrons. The number of nitrogens with one attached hydrogen (secondary N) is 2. The smallest absolute Gasteiger partial charge is 0.326 e. The van der Waals surface area contributed by atoms with Gasteiger partial charge >= 0.3 is 5.97 Å². The predicted molar refractivity (Wildman–Crippen MR) is 87.0 cm³/mol. The highest BCUT2D eigenvalue weighted by Crippen LogP contribution is 1.99. The number of hydrogen-bond donors (Lipinski definition) is 3. The van der Waals surface area contributed by atoms with E-state index in [1.54, 1.807) is 43.3 Å². The van der Waals surface area contributed by atoms with E-state index < -0.39 is 12.0 Å². The van der Waals surface area contributed by atoms with Gasteiger partial charge in [-0.2, -0.15) is 0 Å². The second-order valence-corrected chi connectivity index (χ2v) is 4.99. The van der Waals surface area contributed by atoms with Crippen molar-refractivity contribution < 1.29 is 19.5 Å². The molecule has 0 bridgehead atoms. The fourth-order valence-corrected chi connectivity index (χ4v) is 1.90. The highest BCUT2D eigenvalue weighted by molar-refractivity contribution is 5.94. The molecular weight excluding hydrogens is 296 g/mol. The number of hydrogen-bond acceptors (Lipinski definition) is 3. The van der Waals surface area contributed by atoms with Crippen LogP contribution in [0, 0.1) is 0 Å². The van der Waals surface area contributed by atoms with Crippen LogP contribution in [0.4, 0.5) is 0 Å². The molecule has 1 aromatic carbocycles. The second-order valence-electron chi connectivity index (χ2n) is 4.99. The van der Waals surface area contributed by atoms with E-state index in [4.69, 9.17) is 5.11 Å². The molecule has 1 atom stereocenters. The zero-order valence-electron chi connectivity index (χ0n) is 13.1. The van der Waals surface area contributed by atoms with Crippen LogP contribution in [-0.4, -0.2) is 35.5 Å². The van der Waals surface area contributed by atoms with Gasteiger partial charge in [0.1, 0.15) is 6.04 Å². The molecule has 2 amide bonds. The topological polar surface area (TPSA) is 95.5 Å². The largest absolute Gasteiger partial charge is 0.480 e. The third-order valence-corrected chi connectivity index (χ3v) is 3.14. The molecule has 0 spiro atoms. The van der Waals surface area contributed by atoms with Crippen LogP contribution in [-0.2, 0) is 9.59 Å². The SMILES string of the molecule is C/C=C/CC(NC(=O)CCCNC(=O)c1ccccc1)C(=O)O. The molecule has 1 unspecified atom stereocenters. The minimum atomic E-state index is -1.06. The van der Waals surface area contributed by atoms with E-state index in [0.717, 1.165) is 0 Å². The summed E-state index contributed by atoms with van der Waals surface area (Å²) in [6.07, 6.45) is 4.29. The van der Waals surface area contributed by atoms with Gasteiger partial charge in [-0.05, 0) is 31.9 Å². The molecule has 1 aromatic rings. The minimum Gasteiger partial charge on any atom is -0.480 e. The minimum absolute atomic E-state index is 0.161. The molecule has 0 aliphatic heterocycles. The predicted octanol–water partition coefficient (Wildman–Crippen LogP) is 1.73. The maximum absolute atomic E-state index is 11.8. The zero-order chi connectivity index (χ0) is 17.1. The highest BCUT2D eigenvalue weighted by atomic mass is 16.4. The van der Waals surface area contributed by atoms with Crippen LogP contribution in [0.5, 0.6) is 0 Å². The lowest BCUT2D eigenvalue weighted by molar-refractivity contribution is -0.141. The van der Waals surface area contributed by atoms with E-state index in [2.05, 4.69) is 10.6 Å². The molecule has 0 saturated heterocycles. The molecule has 0 heterocycles. The number of benzene rings is 1. The van der Waals surface area contributed by atoms with Gasteiger partial charge in [0.05, 0.1) is 0 Å². The summed E-state index contributed by atoms with van der Waals surface area (Å²) in [6.45, 7) is 2.14. The Morgan fingerprint density at radius 2 is 1.91 bits per heavy atom. The van der Waals surface area contributed by atoms with Crippen molar-refractivity contribution in [3.63, 3.8) is 0 Å². The molecule has 0 saturated carbocycles. The summed E-state index contributed by atoms with van der Waals surface area (Å²) < 4.78 is 0. The average molecular weight is 318 g/mol. The third kappa shape index (κ3) is 7.26. The Hall–Kier alpha value is -2.63. The molecule has 6 nitrogen and oxygen atoms in total. The lowest BCUT2D eigenvalue weighted by atomic mass is 10.2. The summed E-state index contributed by atoms with van der Waals surface area (Å²) in [5.74, 6) is -1.59. The molecule has 6 heteroatoms. The number of amides is 2. The van der Waals surface area contributed by atoms with Gasteiger partial charge in [0.2, 0.25) is 5.91 Å². The maximum atomic E-state index is 11.8. The quantitative estimate of drug-likeness (QED) is 0.477. The molecule has 0 aromatic heterocycles. The number of carbonyl (C=O) groups is 3. The first-order valence-corrected chi connectivity index (χ1v) is 7.51. The van der Waals surface area contributed by atoms with Gasteiger partial charge in [0.15, 0.2) is 0 Å². The van der Waals surface area contributed by atoms with Gasteiger partial charge in [-0.25, -0.2) is 4.79 Å². The number of aliphatic carboxylic acids is 1. The first-order chi connectivity index (χ1) is 11.0. The first kappa shape index (κ1) is 18.4. The van der Waals surface area contributed by atoms with Crippen LogP contribution in [0.15, 0.2) is 42.5 Å². The van der Waals surface area contributed by atoms with Crippen molar-refractivity contribution in [2.45, 2.75) is 32.2 Å². The van der Waals surface area contributed by atoms with Crippen LogP contribution in [0.2, 0.25) is 0 Å². The van der Waals surface area contributed by atoms with Crippen LogP contribution in [0.25, 0.3) is 0 Å². The Morgan fingerprint density at radius 1 is 1.22 bits per heavy atom. The fourth-order valence-electron chi connectivity index (χ4n) is 1.90. The summed E-state index contributed by atoms with van der Waals surface area (Å²) >= 11 is 0. The Kier molecular flexibility index (Phi) is 8.13. The average Bonchev–Trinajstić information content (AvgIpc) is 2.55. The summed E-state index contributed by atoms with van der Waals surface area (Å²) in [6, 6.07) is 7.88. The normalized spacial score (nSPS) is 11.9. The molecule has 23 heavy (non-hydrogen) atoms. The summed E-state index contributed by atoms with van der Waals surface area (Å²) in [5.41, 5.74) is 0.564. The van der Waals surface area contributed by atoms with Crippen molar-refractivity contribution in [1.82, 2.24) is 10.6 Å². The number of allylic oxidation sites excluding steroid dienone is 1. The van der Waals surface area contributed by atoms with Gasteiger partial charge < -0.3 is 15.7 Å². The van der Waals surface area contributed by atoms with Gasteiger partial charge in [-0.3, -0.25) is 9.59 Å². The molecule has 3 N–H and O–H groups in total. The van der Waals surface area contributed by atoms with Crippen LogP contribution in [0.1, 0.15) is 36.5 Å². The molecule has 0 aliphatic rings. The summed E-state index contributed by atoms with van der Waals surface area (Å²) in [4.78, 5) is 34.5. The first-order valence-electron chi connectivity index (χ1n) is 7.51. The maximum Gasteiger partial charge on any atom is 0.326 e. The fraction of sp³-hybridized carbons (Fsp3) is 0.353. The van der Waals surface area contributed by atoms with E-state index >= 15 is 0 Å². The monoisotopic (exact) mass is 318 g/mol. The van der Waals surface area contributed by atoms with E-state index in [9.17, 15) is 14.4 Å². The van der Waals surface area contributed by atoms with Crippen molar-refractivity contribution in [3.8, 4) is 0 Å². The lowest BCUT2D eigenvalue weighted by Gasteiger charge is -2.12. The van der Waals surface area contributed by atoms with Crippen molar-refractivity contribution in [3.05, 3.63) is 48.0 Å². The Labute approximate surface area is 135 Å². The van der Waals surface area contributed by atoms with Gasteiger partial charge in [-0.15, -0.1) is 0 Å². The van der Waals surface area contributed by atoms with Crippen molar-refractivity contribution in [2.24, 2.45) is 0 Å². The standard InChI is InChI=1S/C17H22N2O4/c1-2-3-10-14(17(22)23)19-15(20)11-7-12-18-16(21)13-8-5-4-6-9-13/h2-6,8-9,14H,7,10-12H2,1H3,(H,18,21)(H,19,20)(H,22,23)/b3-2+. The lowest BCUT2D eigenvalue weighted by Crippen LogP contribution is -2.40. The van der Waals surface area contributed by atoms with Gasteiger partial charge in [-0.1, -0.05) is 30.4 Å². The van der Waals surface area contributed by atoms with Crippen LogP contribution in [0.3, 0.4) is 0 Å². The number of carbonyl (C=O) groups excluding carboxylic acids is 2. The van der Waals surface area contributed by atoms with E-state index in [0.29, 0.717) is 18.5 Å². The molecule has 0 fully saturated rings. The van der Waals surface area contributed by atoms with E-state index in [-0.39, 0.29) is 24.7 Å². The molecule has 1 rings (SSSR count). The van der Waals surface area contributed by atoms with Crippen molar-refractivity contribution in [1.29, 1.82) is 0 Å². The van der Waals surface area contributed by atoms with Crippen LogP contribution < -0.4 is 10.6 Å². The molecule has 0 radical (unpaired) electrons. The number of carboxylic acids is 1. The van der Waals surface area contributed by atoms with Crippen molar-refractivity contribution in [2.75, 3.05) is 6.54 Å². The van der Waals surface area contributed by atoms with Crippen molar-refractivity contribution >= 4 is 17.8 Å². The van der Waals surface area contributed by atoms with E-state index in [1.807, 2.05) is 6.07 Å². The number of carboxylic acid groups (broad SMARTS) is 1. The number of rotatable bonds is 9. The molecular formula is C17H22N2O4. The zero-order valence-corrected chi connectivity index (χ0v) is 13.1. The molecule has 0 aliphatic carbocycles. The second kappa shape index (κ2) is 10.2. The summed E-state index contributed by atoms with van der Waals surface area (Å²) in [7, 11) is 0. The van der Waals surface area contributed by atoms with Gasteiger partial charge in [0.25, 0.3) is 5.91 Å².